The Morgan fingerprint density at radius 2 is 1.95 bits per heavy atom. The van der Waals surface area contributed by atoms with Gasteiger partial charge < -0.3 is 14.6 Å². The van der Waals surface area contributed by atoms with Gasteiger partial charge in [-0.05, 0) is 30.7 Å². The number of hydrogen-bond donors (Lipinski definition) is 1. The molecular weight excluding hydrogens is 240 g/mol. The molecule has 1 aromatic heterocycles. The number of anilines is 1. The molecule has 0 aliphatic rings. The maximum Gasteiger partial charge on any atom is 0.352 e. The van der Waals surface area contributed by atoms with Crippen molar-refractivity contribution in [2.45, 2.75) is 13.0 Å². The highest BCUT2D eigenvalue weighted by atomic mass is 16.4. The van der Waals surface area contributed by atoms with Crippen LogP contribution in [0.2, 0.25) is 0 Å². The molecule has 1 N–H and O–H groups in total. The fourth-order valence-electron chi connectivity index (χ4n) is 2.09. The monoisotopic (exact) mass is 258 g/mol. The van der Waals surface area contributed by atoms with Crippen LogP contribution in [0.3, 0.4) is 0 Å². The number of carboxylic acids is 1. The number of carbonyl (C=O) groups is 1. The predicted octanol–water partition coefficient (Wildman–Crippen LogP) is 2.71. The summed E-state index contributed by atoms with van der Waals surface area (Å²) in [5.41, 5.74) is 1.52. The number of benzene rings is 1. The molecule has 0 bridgehead atoms. The normalized spacial score (nSPS) is 10.4. The van der Waals surface area contributed by atoms with Gasteiger partial charge in [0.25, 0.3) is 0 Å². The van der Waals surface area contributed by atoms with Gasteiger partial charge in [-0.3, -0.25) is 0 Å². The minimum Gasteiger partial charge on any atom is -0.477 e. The molecule has 1 heterocycles. The fourth-order valence-corrected chi connectivity index (χ4v) is 2.09. The second kappa shape index (κ2) is 6.09. The van der Waals surface area contributed by atoms with E-state index in [9.17, 15) is 4.79 Å². The standard InChI is InChI=1S/C15H18N2O2/c1-16(13-7-3-2-4-8-13)10-6-12-17-11-5-9-14(17)15(18)19/h2-5,7-9,11H,6,10,12H2,1H3,(H,18,19). The molecule has 0 aliphatic heterocycles. The summed E-state index contributed by atoms with van der Waals surface area (Å²) in [4.78, 5) is 13.1. The van der Waals surface area contributed by atoms with E-state index in [4.69, 9.17) is 5.11 Å². The third-order valence-corrected chi connectivity index (χ3v) is 3.14. The van der Waals surface area contributed by atoms with Gasteiger partial charge in [-0.2, -0.15) is 0 Å². The van der Waals surface area contributed by atoms with E-state index in [1.54, 1.807) is 16.7 Å². The van der Waals surface area contributed by atoms with Crippen LogP contribution in [0.25, 0.3) is 0 Å². The first-order chi connectivity index (χ1) is 9.18. The number of aryl methyl sites for hydroxylation is 1. The highest BCUT2D eigenvalue weighted by Crippen LogP contribution is 2.11. The molecule has 4 nitrogen and oxygen atoms in total. The highest BCUT2D eigenvalue weighted by Gasteiger charge is 2.08. The average Bonchev–Trinajstić information content (AvgIpc) is 2.88. The second-order valence-electron chi connectivity index (χ2n) is 4.50. The third kappa shape index (κ3) is 3.37. The van der Waals surface area contributed by atoms with Gasteiger partial charge in [0.05, 0.1) is 0 Å². The third-order valence-electron chi connectivity index (χ3n) is 3.14. The van der Waals surface area contributed by atoms with Crippen LogP contribution in [-0.2, 0) is 6.54 Å². The number of nitrogens with zero attached hydrogens (tertiary/aromatic N) is 2. The molecule has 0 unspecified atom stereocenters. The number of aromatic carboxylic acids is 1. The van der Waals surface area contributed by atoms with Gasteiger partial charge in [0.15, 0.2) is 0 Å². The predicted molar refractivity (Wildman–Crippen MR) is 75.7 cm³/mol. The van der Waals surface area contributed by atoms with Crippen LogP contribution < -0.4 is 4.90 Å². The Hall–Kier alpha value is -2.23. The molecule has 0 fully saturated rings. The summed E-state index contributed by atoms with van der Waals surface area (Å²) < 4.78 is 1.78. The van der Waals surface area contributed by atoms with Crippen molar-refractivity contribution in [1.82, 2.24) is 4.57 Å². The zero-order valence-electron chi connectivity index (χ0n) is 11.0. The van der Waals surface area contributed by atoms with E-state index in [1.165, 1.54) is 5.69 Å². The Balaban J connectivity index is 1.87. The van der Waals surface area contributed by atoms with Gasteiger partial charge in [-0.25, -0.2) is 4.79 Å². The van der Waals surface area contributed by atoms with Crippen molar-refractivity contribution in [3.63, 3.8) is 0 Å². The Kier molecular flexibility index (Phi) is 4.23. The summed E-state index contributed by atoms with van der Waals surface area (Å²) in [5, 5.41) is 9.01. The van der Waals surface area contributed by atoms with Crippen LogP contribution in [0.1, 0.15) is 16.9 Å². The minimum absolute atomic E-state index is 0.349. The van der Waals surface area contributed by atoms with Crippen molar-refractivity contribution < 1.29 is 9.90 Å². The van der Waals surface area contributed by atoms with Crippen molar-refractivity contribution in [3.05, 3.63) is 54.4 Å². The number of rotatable bonds is 6. The van der Waals surface area contributed by atoms with Crippen molar-refractivity contribution in [3.8, 4) is 0 Å². The molecule has 19 heavy (non-hydrogen) atoms. The van der Waals surface area contributed by atoms with Crippen molar-refractivity contribution in [2.75, 3.05) is 18.5 Å². The second-order valence-corrected chi connectivity index (χ2v) is 4.50. The van der Waals surface area contributed by atoms with Gasteiger partial charge in [-0.1, -0.05) is 18.2 Å². The molecule has 0 aliphatic carbocycles. The fraction of sp³-hybridized carbons (Fsp3) is 0.267. The first kappa shape index (κ1) is 13.2. The van der Waals surface area contributed by atoms with E-state index in [1.807, 2.05) is 31.4 Å². The van der Waals surface area contributed by atoms with Gasteiger partial charge in [-0.15, -0.1) is 0 Å². The highest BCUT2D eigenvalue weighted by molar-refractivity contribution is 5.85. The molecule has 0 spiro atoms. The molecule has 0 saturated heterocycles. The van der Waals surface area contributed by atoms with Crippen LogP contribution in [0.15, 0.2) is 48.7 Å². The molecule has 0 atom stereocenters. The number of carboxylic acid groups (broad SMARTS) is 1. The quantitative estimate of drug-likeness (QED) is 0.866. The van der Waals surface area contributed by atoms with E-state index in [0.717, 1.165) is 13.0 Å². The summed E-state index contributed by atoms with van der Waals surface area (Å²) in [7, 11) is 2.04. The summed E-state index contributed by atoms with van der Waals surface area (Å²) >= 11 is 0. The Labute approximate surface area is 112 Å². The lowest BCUT2D eigenvalue weighted by Crippen LogP contribution is -2.20. The van der Waals surface area contributed by atoms with E-state index in [2.05, 4.69) is 17.0 Å². The number of hydrogen-bond acceptors (Lipinski definition) is 2. The molecule has 0 amide bonds. The average molecular weight is 258 g/mol. The zero-order valence-corrected chi connectivity index (χ0v) is 11.0. The van der Waals surface area contributed by atoms with Crippen LogP contribution in [0, 0.1) is 0 Å². The zero-order chi connectivity index (χ0) is 13.7. The molecule has 0 radical (unpaired) electrons. The Morgan fingerprint density at radius 1 is 1.21 bits per heavy atom. The number of aromatic nitrogens is 1. The maximum absolute atomic E-state index is 11.0. The van der Waals surface area contributed by atoms with Gasteiger partial charge in [0.2, 0.25) is 0 Å². The van der Waals surface area contributed by atoms with E-state index in [0.29, 0.717) is 12.2 Å². The van der Waals surface area contributed by atoms with Crippen LogP contribution >= 0.6 is 0 Å². The van der Waals surface area contributed by atoms with Gasteiger partial charge in [0, 0.05) is 32.0 Å². The molecular formula is C15H18N2O2. The molecule has 4 heteroatoms. The van der Waals surface area contributed by atoms with Gasteiger partial charge in [0.1, 0.15) is 5.69 Å². The van der Waals surface area contributed by atoms with Crippen molar-refractivity contribution in [1.29, 1.82) is 0 Å². The first-order valence-corrected chi connectivity index (χ1v) is 6.33. The maximum atomic E-state index is 11.0. The largest absolute Gasteiger partial charge is 0.477 e. The molecule has 2 rings (SSSR count). The lowest BCUT2D eigenvalue weighted by atomic mass is 10.3. The molecule has 100 valence electrons. The Morgan fingerprint density at radius 3 is 2.63 bits per heavy atom. The van der Waals surface area contributed by atoms with Crippen LogP contribution in [0.5, 0.6) is 0 Å². The van der Waals surface area contributed by atoms with Gasteiger partial charge >= 0.3 is 5.97 Å². The Bertz CT molecular complexity index is 534. The molecule has 1 aromatic carbocycles. The lowest BCUT2D eigenvalue weighted by Gasteiger charge is -2.19. The smallest absolute Gasteiger partial charge is 0.352 e. The van der Waals surface area contributed by atoms with E-state index < -0.39 is 5.97 Å². The van der Waals surface area contributed by atoms with Crippen LogP contribution in [0.4, 0.5) is 5.69 Å². The number of para-hydroxylation sites is 1. The summed E-state index contributed by atoms with van der Waals surface area (Å²) in [5.74, 6) is -0.874. The van der Waals surface area contributed by atoms with Crippen LogP contribution in [-0.4, -0.2) is 29.2 Å². The SMILES string of the molecule is CN(CCCn1cccc1C(=O)O)c1ccccc1. The lowest BCUT2D eigenvalue weighted by molar-refractivity contribution is 0.0685. The molecule has 0 saturated carbocycles. The summed E-state index contributed by atoms with van der Waals surface area (Å²) in [6.07, 6.45) is 2.71. The molecule has 2 aromatic rings. The topological polar surface area (TPSA) is 45.5 Å². The first-order valence-electron chi connectivity index (χ1n) is 6.33. The summed E-state index contributed by atoms with van der Waals surface area (Å²) in [6.45, 7) is 1.60. The van der Waals surface area contributed by atoms with E-state index >= 15 is 0 Å². The van der Waals surface area contributed by atoms with Crippen molar-refractivity contribution >= 4 is 11.7 Å². The van der Waals surface area contributed by atoms with Crippen molar-refractivity contribution in [2.24, 2.45) is 0 Å². The van der Waals surface area contributed by atoms with E-state index in [-0.39, 0.29) is 0 Å². The minimum atomic E-state index is -0.874. The summed E-state index contributed by atoms with van der Waals surface area (Å²) in [6, 6.07) is 13.6.